The molecule has 2 nitrogen and oxygen atoms in total. The third-order valence-electron chi connectivity index (χ3n) is 1.31. The summed E-state index contributed by atoms with van der Waals surface area (Å²) in [6, 6.07) is 8.40. The molecular weight excluding hydrogens is 171 g/mol. The Labute approximate surface area is 77.9 Å². The van der Waals surface area contributed by atoms with Crippen LogP contribution in [-0.2, 0) is 0 Å². The van der Waals surface area contributed by atoms with Crippen LogP contribution in [0.3, 0.4) is 0 Å². The fourth-order valence-corrected chi connectivity index (χ4v) is 1.39. The molecule has 0 amide bonds. The first-order valence-corrected chi connectivity index (χ1v) is 4.68. The lowest BCUT2D eigenvalue weighted by atomic mass is 10.2. The van der Waals surface area contributed by atoms with Gasteiger partial charge in [0.25, 0.3) is 0 Å². The summed E-state index contributed by atoms with van der Waals surface area (Å²) in [4.78, 5) is 1.37. The first kappa shape index (κ1) is 11.6. The van der Waals surface area contributed by atoms with Gasteiger partial charge in [0, 0.05) is 4.90 Å². The zero-order valence-corrected chi connectivity index (χ0v) is 8.01. The second-order valence-corrected chi connectivity index (χ2v) is 2.93. The molecule has 0 aliphatic rings. The maximum absolute atomic E-state index is 7.00. The molecule has 0 saturated carbocycles. The minimum absolute atomic E-state index is 0. The zero-order valence-electron chi connectivity index (χ0n) is 7.19. The fraction of sp³-hybridized carbons (Fsp3) is 0.250. The Morgan fingerprint density at radius 2 is 1.75 bits per heavy atom. The molecule has 0 unspecified atom stereocenters. The lowest BCUT2D eigenvalue weighted by molar-refractivity contribution is 0.448. The Balaban J connectivity index is 0.000000354. The van der Waals surface area contributed by atoms with E-state index in [9.17, 15) is 0 Å². The van der Waals surface area contributed by atoms with Gasteiger partial charge in [-0.1, -0.05) is 18.2 Å². The number of aryl methyl sites for hydroxylation is 1. The molecule has 0 aromatic heterocycles. The van der Waals surface area contributed by atoms with Crippen molar-refractivity contribution >= 4 is 19.4 Å². The Kier molecular flexibility index (Phi) is 6.95. The maximum Gasteiger partial charge on any atom is 0.482 e. The fourth-order valence-electron chi connectivity index (χ4n) is 0.785. The monoisotopic (exact) mass is 183 g/mol. The molecule has 12 heavy (non-hydrogen) atoms. The van der Waals surface area contributed by atoms with Crippen molar-refractivity contribution in [3.63, 3.8) is 0 Å². The average molecular weight is 183 g/mol. The molecule has 0 aliphatic carbocycles. The van der Waals surface area contributed by atoms with Gasteiger partial charge in [-0.05, 0) is 24.8 Å². The maximum atomic E-state index is 7.00. The van der Waals surface area contributed by atoms with E-state index in [2.05, 4.69) is 37.4 Å². The topological polar surface area (TPSA) is 40.5 Å². The van der Waals surface area contributed by atoms with Gasteiger partial charge < -0.3 is 10.0 Å². The van der Waals surface area contributed by atoms with Crippen molar-refractivity contribution in [2.75, 3.05) is 6.26 Å². The molecule has 0 bridgehead atoms. The summed E-state index contributed by atoms with van der Waals surface area (Å²) in [5, 5.41) is 14.0. The van der Waals surface area contributed by atoms with Gasteiger partial charge in [-0.3, -0.25) is 0 Å². The number of hydrogen-bond donors (Lipinski definition) is 2. The van der Waals surface area contributed by atoms with E-state index in [4.69, 9.17) is 10.0 Å². The molecule has 1 radical (unpaired) electrons. The molecule has 4 heteroatoms. The summed E-state index contributed by atoms with van der Waals surface area (Å²) in [7, 11) is 0. The standard InChI is InChI=1S/C8H10S.BH2O2/c1-7-5-3-4-6-8(7)9-2;2-1-3/h3-6H,1-2H3;2-3H. The molecule has 0 atom stereocenters. The molecule has 65 valence electrons. The SMILES string of the molecule is CSc1ccccc1C.O[B]O. The number of benzene rings is 1. The number of thioether (sulfide) groups is 1. The normalized spacial score (nSPS) is 8.33. The van der Waals surface area contributed by atoms with Crippen molar-refractivity contribution in [1.82, 2.24) is 0 Å². The van der Waals surface area contributed by atoms with Gasteiger partial charge in [0.2, 0.25) is 0 Å². The summed E-state index contributed by atoms with van der Waals surface area (Å²) in [6.45, 7) is 2.13. The first-order chi connectivity index (χ1) is 5.76. The van der Waals surface area contributed by atoms with Crippen LogP contribution in [0.1, 0.15) is 5.56 Å². The van der Waals surface area contributed by atoms with E-state index in [-0.39, 0.29) is 7.69 Å². The number of rotatable bonds is 1. The van der Waals surface area contributed by atoms with E-state index >= 15 is 0 Å². The van der Waals surface area contributed by atoms with E-state index in [0.717, 1.165) is 0 Å². The smallest absolute Gasteiger partial charge is 0.429 e. The number of hydrogen-bond acceptors (Lipinski definition) is 3. The highest BCUT2D eigenvalue weighted by molar-refractivity contribution is 7.98. The molecule has 0 heterocycles. The third-order valence-corrected chi connectivity index (χ3v) is 2.21. The Bertz CT molecular complexity index is 218. The zero-order chi connectivity index (χ0) is 9.40. The molecular formula is C8H12BO2S. The lowest BCUT2D eigenvalue weighted by Gasteiger charge is -1.97. The van der Waals surface area contributed by atoms with E-state index < -0.39 is 0 Å². The van der Waals surface area contributed by atoms with Crippen molar-refractivity contribution in [2.24, 2.45) is 0 Å². The first-order valence-electron chi connectivity index (χ1n) is 3.46. The molecule has 0 fully saturated rings. The molecule has 2 N–H and O–H groups in total. The second kappa shape index (κ2) is 7.22. The van der Waals surface area contributed by atoms with Gasteiger partial charge in [-0.15, -0.1) is 11.8 Å². The molecule has 0 spiro atoms. The van der Waals surface area contributed by atoms with E-state index in [0.29, 0.717) is 0 Å². The highest BCUT2D eigenvalue weighted by Gasteiger charge is 1.90. The van der Waals surface area contributed by atoms with Crippen LogP contribution in [0.4, 0.5) is 0 Å². The van der Waals surface area contributed by atoms with Crippen LogP contribution in [0, 0.1) is 6.92 Å². The summed E-state index contributed by atoms with van der Waals surface area (Å²) < 4.78 is 0. The Morgan fingerprint density at radius 1 is 1.25 bits per heavy atom. The second-order valence-electron chi connectivity index (χ2n) is 2.09. The van der Waals surface area contributed by atoms with Gasteiger partial charge in [0.15, 0.2) is 0 Å². The third kappa shape index (κ3) is 4.44. The van der Waals surface area contributed by atoms with Crippen LogP contribution < -0.4 is 0 Å². The van der Waals surface area contributed by atoms with Gasteiger partial charge in [0.05, 0.1) is 0 Å². The molecule has 0 aliphatic heterocycles. The van der Waals surface area contributed by atoms with E-state index in [1.165, 1.54) is 10.5 Å². The van der Waals surface area contributed by atoms with Crippen molar-refractivity contribution in [2.45, 2.75) is 11.8 Å². The summed E-state index contributed by atoms with van der Waals surface area (Å²) in [5.74, 6) is 0. The average Bonchev–Trinajstić information content (AvgIpc) is 2.07. The highest BCUT2D eigenvalue weighted by Crippen LogP contribution is 2.17. The predicted octanol–water partition coefficient (Wildman–Crippen LogP) is 1.22. The lowest BCUT2D eigenvalue weighted by Crippen LogP contribution is -1.75. The summed E-state index contributed by atoms with van der Waals surface area (Å²) >= 11 is 1.80. The highest BCUT2D eigenvalue weighted by atomic mass is 32.2. The van der Waals surface area contributed by atoms with Crippen LogP contribution >= 0.6 is 11.8 Å². The summed E-state index contributed by atoms with van der Waals surface area (Å²) in [6.07, 6.45) is 2.10. The Morgan fingerprint density at radius 3 is 2.08 bits per heavy atom. The van der Waals surface area contributed by atoms with Crippen LogP contribution in [0.15, 0.2) is 29.2 Å². The van der Waals surface area contributed by atoms with Gasteiger partial charge >= 0.3 is 7.69 Å². The van der Waals surface area contributed by atoms with Crippen LogP contribution in [0.5, 0.6) is 0 Å². The van der Waals surface area contributed by atoms with E-state index in [1.807, 2.05) is 0 Å². The predicted molar refractivity (Wildman–Crippen MR) is 53.2 cm³/mol. The van der Waals surface area contributed by atoms with Crippen molar-refractivity contribution in [1.29, 1.82) is 0 Å². The molecule has 1 aromatic carbocycles. The van der Waals surface area contributed by atoms with Crippen molar-refractivity contribution < 1.29 is 10.0 Å². The van der Waals surface area contributed by atoms with Gasteiger partial charge in [-0.25, -0.2) is 0 Å². The Hall–Kier alpha value is -0.445. The molecule has 0 saturated heterocycles. The summed E-state index contributed by atoms with van der Waals surface area (Å²) in [5.41, 5.74) is 1.37. The van der Waals surface area contributed by atoms with E-state index in [1.54, 1.807) is 11.8 Å². The van der Waals surface area contributed by atoms with Crippen LogP contribution in [0.2, 0.25) is 0 Å². The van der Waals surface area contributed by atoms with Gasteiger partial charge in [-0.2, -0.15) is 0 Å². The van der Waals surface area contributed by atoms with Crippen molar-refractivity contribution in [3.8, 4) is 0 Å². The molecule has 1 aromatic rings. The minimum Gasteiger partial charge on any atom is -0.429 e. The molecule has 1 rings (SSSR count). The van der Waals surface area contributed by atoms with Crippen LogP contribution in [0.25, 0.3) is 0 Å². The largest absolute Gasteiger partial charge is 0.482 e. The van der Waals surface area contributed by atoms with Gasteiger partial charge in [0.1, 0.15) is 0 Å². The quantitative estimate of drug-likeness (QED) is 0.508. The van der Waals surface area contributed by atoms with Crippen molar-refractivity contribution in [3.05, 3.63) is 29.8 Å². The minimum atomic E-state index is 0. The van der Waals surface area contributed by atoms with Crippen LogP contribution in [-0.4, -0.2) is 24.0 Å².